The van der Waals surface area contributed by atoms with Gasteiger partial charge < -0.3 is 5.11 Å². The van der Waals surface area contributed by atoms with Crippen LogP contribution in [0.15, 0.2) is 24.3 Å². The molecule has 2 rings (SSSR count). The van der Waals surface area contributed by atoms with Crippen LogP contribution in [0.4, 0.5) is 13.2 Å². The van der Waals surface area contributed by atoms with Crippen molar-refractivity contribution in [3.63, 3.8) is 0 Å². The molecule has 0 radical (unpaired) electrons. The molecule has 0 spiro atoms. The molecule has 0 aliphatic rings. The molecule has 1 N–H and O–H groups in total. The van der Waals surface area contributed by atoms with Gasteiger partial charge >= 0.3 is 12.1 Å². The SMILES string of the molecule is O=C(O)CCn1nnnc1-c1ccccc1C(F)(F)F. The summed E-state index contributed by atoms with van der Waals surface area (Å²) >= 11 is 0. The van der Waals surface area contributed by atoms with Crippen molar-refractivity contribution in [2.75, 3.05) is 0 Å². The largest absolute Gasteiger partial charge is 0.481 e. The minimum Gasteiger partial charge on any atom is -0.481 e. The lowest BCUT2D eigenvalue weighted by atomic mass is 10.1. The number of aromatic nitrogens is 4. The fourth-order valence-corrected chi connectivity index (χ4v) is 1.68. The Hall–Kier alpha value is -2.45. The van der Waals surface area contributed by atoms with E-state index in [9.17, 15) is 18.0 Å². The molecule has 1 aromatic heterocycles. The number of carbonyl (C=O) groups is 1. The van der Waals surface area contributed by atoms with E-state index in [-0.39, 0.29) is 24.4 Å². The van der Waals surface area contributed by atoms with Gasteiger partial charge in [0.15, 0.2) is 5.82 Å². The number of carboxylic acids is 1. The van der Waals surface area contributed by atoms with Gasteiger partial charge in [0, 0.05) is 5.56 Å². The summed E-state index contributed by atoms with van der Waals surface area (Å²) in [7, 11) is 0. The standard InChI is InChI=1S/C11H9F3N4O2/c12-11(13,14)8-4-2-1-3-7(8)10-15-16-17-18(10)6-5-9(19)20/h1-4H,5-6H2,(H,19,20). The summed E-state index contributed by atoms with van der Waals surface area (Å²) in [5.41, 5.74) is -1.05. The molecule has 6 nitrogen and oxygen atoms in total. The van der Waals surface area contributed by atoms with Gasteiger partial charge in [-0.05, 0) is 16.5 Å². The Labute approximate surface area is 110 Å². The summed E-state index contributed by atoms with van der Waals surface area (Å²) in [6.45, 7) is -0.107. The summed E-state index contributed by atoms with van der Waals surface area (Å²) in [5, 5.41) is 19.0. The van der Waals surface area contributed by atoms with Crippen LogP contribution in [0.25, 0.3) is 11.4 Å². The first-order valence-corrected chi connectivity index (χ1v) is 5.54. The van der Waals surface area contributed by atoms with E-state index >= 15 is 0 Å². The van der Waals surface area contributed by atoms with E-state index in [0.29, 0.717) is 0 Å². The third kappa shape index (κ3) is 2.92. The minimum absolute atomic E-state index is 0.107. The molecule has 1 heterocycles. The van der Waals surface area contributed by atoms with Crippen LogP contribution in [-0.4, -0.2) is 31.3 Å². The van der Waals surface area contributed by atoms with Crippen LogP contribution in [0.2, 0.25) is 0 Å². The average molecular weight is 286 g/mol. The van der Waals surface area contributed by atoms with Crippen molar-refractivity contribution in [3.8, 4) is 11.4 Å². The maximum absolute atomic E-state index is 12.9. The number of alkyl halides is 3. The third-order valence-corrected chi connectivity index (χ3v) is 2.54. The first kappa shape index (κ1) is 14.0. The average Bonchev–Trinajstić information content (AvgIpc) is 2.83. The lowest BCUT2D eigenvalue weighted by Gasteiger charge is -2.11. The summed E-state index contributed by atoms with van der Waals surface area (Å²) in [6.07, 6.45) is -4.83. The first-order valence-electron chi connectivity index (χ1n) is 5.54. The van der Waals surface area contributed by atoms with E-state index in [4.69, 9.17) is 5.11 Å². The Morgan fingerprint density at radius 3 is 2.65 bits per heavy atom. The highest BCUT2D eigenvalue weighted by Crippen LogP contribution is 2.35. The van der Waals surface area contributed by atoms with Crippen molar-refractivity contribution < 1.29 is 23.1 Å². The Morgan fingerprint density at radius 2 is 2.00 bits per heavy atom. The van der Waals surface area contributed by atoms with E-state index < -0.39 is 17.7 Å². The van der Waals surface area contributed by atoms with E-state index in [2.05, 4.69) is 15.5 Å². The maximum atomic E-state index is 12.9. The van der Waals surface area contributed by atoms with Crippen molar-refractivity contribution in [1.82, 2.24) is 20.2 Å². The fraction of sp³-hybridized carbons (Fsp3) is 0.273. The number of nitrogens with zero attached hydrogens (tertiary/aromatic N) is 4. The molecule has 0 unspecified atom stereocenters. The molecule has 0 saturated carbocycles. The van der Waals surface area contributed by atoms with Crippen LogP contribution in [0.1, 0.15) is 12.0 Å². The zero-order chi connectivity index (χ0) is 14.8. The molecule has 1 aromatic carbocycles. The lowest BCUT2D eigenvalue weighted by molar-refractivity contribution is -0.138. The van der Waals surface area contributed by atoms with E-state index in [1.807, 2.05) is 0 Å². The van der Waals surface area contributed by atoms with E-state index in [0.717, 1.165) is 10.7 Å². The number of aliphatic carboxylic acids is 1. The van der Waals surface area contributed by atoms with Crippen LogP contribution >= 0.6 is 0 Å². The van der Waals surface area contributed by atoms with Gasteiger partial charge in [0.2, 0.25) is 0 Å². The molecule has 0 atom stereocenters. The summed E-state index contributed by atoms with van der Waals surface area (Å²) < 4.78 is 39.8. The van der Waals surface area contributed by atoms with Crippen molar-refractivity contribution in [2.24, 2.45) is 0 Å². The Balaban J connectivity index is 2.43. The topological polar surface area (TPSA) is 80.9 Å². The van der Waals surface area contributed by atoms with Crippen molar-refractivity contribution >= 4 is 5.97 Å². The van der Waals surface area contributed by atoms with Gasteiger partial charge in [0.05, 0.1) is 18.5 Å². The van der Waals surface area contributed by atoms with Crippen LogP contribution in [-0.2, 0) is 17.5 Å². The highest BCUT2D eigenvalue weighted by Gasteiger charge is 2.34. The molecule has 2 aromatic rings. The Bertz CT molecular complexity index is 624. The summed E-state index contributed by atoms with van der Waals surface area (Å²) in [4.78, 5) is 10.5. The number of benzene rings is 1. The third-order valence-electron chi connectivity index (χ3n) is 2.54. The van der Waals surface area contributed by atoms with Crippen molar-refractivity contribution in [3.05, 3.63) is 29.8 Å². The van der Waals surface area contributed by atoms with Gasteiger partial charge in [-0.25, -0.2) is 4.68 Å². The molecular weight excluding hydrogens is 277 g/mol. The smallest absolute Gasteiger partial charge is 0.417 e. The van der Waals surface area contributed by atoms with Gasteiger partial charge in [-0.3, -0.25) is 4.79 Å². The zero-order valence-corrected chi connectivity index (χ0v) is 10.0. The molecule has 0 aliphatic carbocycles. The second-order valence-corrected chi connectivity index (χ2v) is 3.91. The predicted molar refractivity (Wildman–Crippen MR) is 60.5 cm³/mol. The molecule has 0 bridgehead atoms. The van der Waals surface area contributed by atoms with Crippen LogP contribution in [0, 0.1) is 0 Å². The van der Waals surface area contributed by atoms with Crippen LogP contribution < -0.4 is 0 Å². The van der Waals surface area contributed by atoms with Gasteiger partial charge in [-0.15, -0.1) is 5.10 Å². The molecule has 0 fully saturated rings. The molecular formula is C11H9F3N4O2. The second-order valence-electron chi connectivity index (χ2n) is 3.91. The number of carboxylic acid groups (broad SMARTS) is 1. The second kappa shape index (κ2) is 5.27. The molecule has 0 amide bonds. The molecule has 106 valence electrons. The highest BCUT2D eigenvalue weighted by molar-refractivity contribution is 5.67. The Morgan fingerprint density at radius 1 is 1.30 bits per heavy atom. The summed E-state index contributed by atoms with van der Waals surface area (Å²) in [5.74, 6) is -1.20. The van der Waals surface area contributed by atoms with E-state index in [1.165, 1.54) is 18.2 Å². The van der Waals surface area contributed by atoms with Crippen LogP contribution in [0.5, 0.6) is 0 Å². The quantitative estimate of drug-likeness (QED) is 0.927. The molecule has 0 aliphatic heterocycles. The van der Waals surface area contributed by atoms with E-state index in [1.54, 1.807) is 0 Å². The number of aryl methyl sites for hydroxylation is 1. The predicted octanol–water partition coefficient (Wildman–Crippen LogP) is 1.83. The number of hydrogen-bond donors (Lipinski definition) is 1. The van der Waals surface area contributed by atoms with Crippen molar-refractivity contribution in [2.45, 2.75) is 19.1 Å². The van der Waals surface area contributed by atoms with Crippen LogP contribution in [0.3, 0.4) is 0 Å². The van der Waals surface area contributed by atoms with Gasteiger partial charge in [0.25, 0.3) is 0 Å². The molecule has 20 heavy (non-hydrogen) atoms. The fourth-order valence-electron chi connectivity index (χ4n) is 1.68. The number of tetrazole rings is 1. The van der Waals surface area contributed by atoms with Gasteiger partial charge in [-0.2, -0.15) is 13.2 Å². The van der Waals surface area contributed by atoms with Crippen molar-refractivity contribution in [1.29, 1.82) is 0 Å². The monoisotopic (exact) mass is 286 g/mol. The molecule has 9 heteroatoms. The zero-order valence-electron chi connectivity index (χ0n) is 10.0. The normalized spacial score (nSPS) is 11.6. The molecule has 0 saturated heterocycles. The summed E-state index contributed by atoms with van der Waals surface area (Å²) in [6, 6.07) is 4.86. The number of hydrogen-bond acceptors (Lipinski definition) is 4. The highest BCUT2D eigenvalue weighted by atomic mass is 19.4. The maximum Gasteiger partial charge on any atom is 0.417 e. The van der Waals surface area contributed by atoms with Gasteiger partial charge in [0.1, 0.15) is 0 Å². The minimum atomic E-state index is -4.54. The Kier molecular flexibility index (Phi) is 3.68. The number of rotatable bonds is 4. The first-order chi connectivity index (χ1) is 9.39. The number of halogens is 3. The lowest BCUT2D eigenvalue weighted by Crippen LogP contribution is -2.11. The van der Waals surface area contributed by atoms with Gasteiger partial charge in [-0.1, -0.05) is 18.2 Å².